The number of hydrogen-bond donors (Lipinski definition) is 1. The van der Waals surface area contributed by atoms with E-state index in [4.69, 9.17) is 0 Å². The highest BCUT2D eigenvalue weighted by Crippen LogP contribution is 2.51. The first-order valence-corrected chi connectivity index (χ1v) is 9.68. The SMILES string of the molecule is CC(C)(C)[C@@H]1CCC2=NN(C(=O)Cc3ccc([N+](=O)[O-])cc3)[C@](O)(C(F)(F)F)[C@@H]2C1. The van der Waals surface area contributed by atoms with Crippen molar-refractivity contribution in [3.8, 4) is 0 Å². The molecule has 3 rings (SSSR count). The van der Waals surface area contributed by atoms with Gasteiger partial charge in [0.15, 0.2) is 0 Å². The number of carbonyl (C=O) groups is 1. The minimum Gasteiger partial charge on any atom is -0.362 e. The summed E-state index contributed by atoms with van der Waals surface area (Å²) >= 11 is 0. The standard InChI is InChI=1S/C20H24F3N3O4/c1-18(2,3)13-6-9-16-15(11-13)19(28,20(21,22)23)25(24-16)17(27)10-12-4-7-14(8-5-12)26(29)30/h4-5,7-8,13,15,28H,6,9-11H2,1-3H3/t13-,15-,19-/m1/s1. The largest absolute Gasteiger partial charge is 0.439 e. The minimum atomic E-state index is -5.09. The number of hydrogen-bond acceptors (Lipinski definition) is 5. The van der Waals surface area contributed by atoms with Gasteiger partial charge in [0.2, 0.25) is 5.91 Å². The average Bonchev–Trinajstić information content (AvgIpc) is 2.95. The monoisotopic (exact) mass is 427 g/mol. The van der Waals surface area contributed by atoms with Gasteiger partial charge in [-0.25, -0.2) is 0 Å². The molecule has 7 nitrogen and oxygen atoms in total. The molecule has 10 heteroatoms. The van der Waals surface area contributed by atoms with Crippen LogP contribution in [0.1, 0.15) is 45.6 Å². The van der Waals surface area contributed by atoms with E-state index in [1.807, 2.05) is 20.8 Å². The highest BCUT2D eigenvalue weighted by Gasteiger charge is 2.69. The highest BCUT2D eigenvalue weighted by molar-refractivity contribution is 5.93. The molecule has 0 spiro atoms. The number of halogens is 3. The van der Waals surface area contributed by atoms with Gasteiger partial charge in [0.25, 0.3) is 11.4 Å². The molecule has 1 aliphatic carbocycles. The summed E-state index contributed by atoms with van der Waals surface area (Å²) in [5.74, 6) is -2.38. The Morgan fingerprint density at radius 1 is 1.30 bits per heavy atom. The second-order valence-electron chi connectivity index (χ2n) is 9.01. The second kappa shape index (κ2) is 7.33. The molecular formula is C20H24F3N3O4. The number of aliphatic hydroxyl groups is 1. The first-order valence-electron chi connectivity index (χ1n) is 9.68. The Kier molecular flexibility index (Phi) is 5.43. The van der Waals surface area contributed by atoms with Gasteiger partial charge in [0.1, 0.15) is 0 Å². The van der Waals surface area contributed by atoms with Crippen molar-refractivity contribution in [2.24, 2.45) is 22.4 Å². The summed E-state index contributed by atoms with van der Waals surface area (Å²) < 4.78 is 42.1. The lowest BCUT2D eigenvalue weighted by Crippen LogP contribution is -2.62. The molecule has 30 heavy (non-hydrogen) atoms. The summed E-state index contributed by atoms with van der Waals surface area (Å²) in [7, 11) is 0. The smallest absolute Gasteiger partial charge is 0.362 e. The lowest BCUT2D eigenvalue weighted by molar-refractivity contribution is -0.384. The second-order valence-corrected chi connectivity index (χ2v) is 9.01. The van der Waals surface area contributed by atoms with Crippen LogP contribution in [0.2, 0.25) is 0 Å². The first-order chi connectivity index (χ1) is 13.7. The Morgan fingerprint density at radius 3 is 2.40 bits per heavy atom. The van der Waals surface area contributed by atoms with Crippen molar-refractivity contribution in [3.63, 3.8) is 0 Å². The normalized spacial score (nSPS) is 26.9. The summed E-state index contributed by atoms with van der Waals surface area (Å²) in [5.41, 5.74) is -3.36. The molecule has 2 aliphatic rings. The van der Waals surface area contributed by atoms with Crippen LogP contribution in [0.4, 0.5) is 18.9 Å². The van der Waals surface area contributed by atoms with Crippen LogP contribution in [-0.2, 0) is 11.2 Å². The van der Waals surface area contributed by atoms with Crippen LogP contribution < -0.4 is 0 Å². The van der Waals surface area contributed by atoms with Crippen molar-refractivity contribution in [2.75, 3.05) is 0 Å². The Morgan fingerprint density at radius 2 is 1.90 bits per heavy atom. The van der Waals surface area contributed by atoms with E-state index in [1.54, 1.807) is 0 Å². The van der Waals surface area contributed by atoms with Crippen LogP contribution in [0.5, 0.6) is 0 Å². The van der Waals surface area contributed by atoms with Crippen molar-refractivity contribution >= 4 is 17.3 Å². The van der Waals surface area contributed by atoms with E-state index < -0.39 is 35.1 Å². The first kappa shape index (κ1) is 22.2. The molecule has 1 aromatic carbocycles. The zero-order valence-corrected chi connectivity index (χ0v) is 16.9. The third-order valence-corrected chi connectivity index (χ3v) is 6.09. The topological polar surface area (TPSA) is 96.0 Å². The molecular weight excluding hydrogens is 403 g/mol. The number of nitrogens with zero attached hydrogens (tertiary/aromatic N) is 3. The average molecular weight is 427 g/mol. The number of hydrazone groups is 1. The number of alkyl halides is 3. The number of nitro groups is 1. The summed E-state index contributed by atoms with van der Waals surface area (Å²) in [5, 5.41) is 25.6. The fourth-order valence-electron chi connectivity index (χ4n) is 4.24. The molecule has 0 saturated heterocycles. The molecule has 0 radical (unpaired) electrons. The molecule has 1 N–H and O–H groups in total. The van der Waals surface area contributed by atoms with Gasteiger partial charge in [-0.15, -0.1) is 0 Å². The predicted molar refractivity (Wildman–Crippen MR) is 102 cm³/mol. The van der Waals surface area contributed by atoms with Crippen LogP contribution in [0, 0.1) is 27.4 Å². The molecule has 1 aliphatic heterocycles. The van der Waals surface area contributed by atoms with Crippen molar-refractivity contribution in [3.05, 3.63) is 39.9 Å². The highest BCUT2D eigenvalue weighted by atomic mass is 19.4. The summed E-state index contributed by atoms with van der Waals surface area (Å²) in [6, 6.07) is 4.94. The molecule has 0 bridgehead atoms. The van der Waals surface area contributed by atoms with Gasteiger partial charge < -0.3 is 5.11 Å². The van der Waals surface area contributed by atoms with Crippen LogP contribution in [0.15, 0.2) is 29.4 Å². The molecule has 1 aromatic rings. The Hall–Kier alpha value is -2.49. The van der Waals surface area contributed by atoms with Crippen LogP contribution in [-0.4, -0.2) is 38.6 Å². The molecule has 0 aromatic heterocycles. The molecule has 0 unspecified atom stereocenters. The minimum absolute atomic E-state index is 0.0555. The lowest BCUT2D eigenvalue weighted by Gasteiger charge is -2.42. The van der Waals surface area contributed by atoms with Crippen LogP contribution >= 0.6 is 0 Å². The van der Waals surface area contributed by atoms with E-state index in [1.165, 1.54) is 24.3 Å². The van der Waals surface area contributed by atoms with Gasteiger partial charge in [-0.2, -0.15) is 23.3 Å². The number of rotatable bonds is 3. The summed E-state index contributed by atoms with van der Waals surface area (Å²) in [6.07, 6.45) is -4.56. The van der Waals surface area contributed by atoms with Crippen molar-refractivity contribution in [1.29, 1.82) is 0 Å². The van der Waals surface area contributed by atoms with Gasteiger partial charge in [-0.05, 0) is 36.2 Å². The van der Waals surface area contributed by atoms with Crippen LogP contribution in [0.25, 0.3) is 0 Å². The van der Waals surface area contributed by atoms with Gasteiger partial charge in [0.05, 0.1) is 17.3 Å². The lowest BCUT2D eigenvalue weighted by atomic mass is 9.66. The van der Waals surface area contributed by atoms with Gasteiger partial charge in [-0.1, -0.05) is 32.9 Å². The summed E-state index contributed by atoms with van der Waals surface area (Å²) in [4.78, 5) is 22.9. The maximum Gasteiger partial charge on any atom is 0.439 e. The fourth-order valence-corrected chi connectivity index (χ4v) is 4.24. The number of fused-ring (bicyclic) bond motifs is 1. The fraction of sp³-hybridized carbons (Fsp3) is 0.600. The molecule has 1 fully saturated rings. The molecule has 1 amide bonds. The summed E-state index contributed by atoms with van der Waals surface area (Å²) in [6.45, 7) is 5.83. The van der Waals surface area contributed by atoms with Gasteiger partial charge in [0, 0.05) is 17.8 Å². The van der Waals surface area contributed by atoms with E-state index in [2.05, 4.69) is 5.10 Å². The predicted octanol–water partition coefficient (Wildman–Crippen LogP) is 4.05. The van der Waals surface area contributed by atoms with Crippen molar-refractivity contribution in [1.82, 2.24) is 5.01 Å². The molecule has 3 atom stereocenters. The van der Waals surface area contributed by atoms with Crippen molar-refractivity contribution < 1.29 is 28.0 Å². The molecule has 1 heterocycles. The van der Waals surface area contributed by atoms with E-state index >= 15 is 0 Å². The number of amides is 1. The van der Waals surface area contributed by atoms with Crippen molar-refractivity contribution in [2.45, 2.75) is 58.4 Å². The zero-order valence-electron chi connectivity index (χ0n) is 16.9. The van der Waals surface area contributed by atoms with E-state index in [9.17, 15) is 33.2 Å². The number of non-ortho nitro benzene ring substituents is 1. The molecule has 164 valence electrons. The van der Waals surface area contributed by atoms with E-state index in [0.29, 0.717) is 6.42 Å². The number of benzene rings is 1. The maximum absolute atomic E-state index is 14.0. The maximum atomic E-state index is 14.0. The third kappa shape index (κ3) is 3.80. The van der Waals surface area contributed by atoms with Gasteiger partial charge >= 0.3 is 6.18 Å². The Balaban J connectivity index is 1.89. The van der Waals surface area contributed by atoms with Crippen LogP contribution in [0.3, 0.4) is 0 Å². The Bertz CT molecular complexity index is 877. The number of nitro benzene ring substituents is 1. The third-order valence-electron chi connectivity index (χ3n) is 6.09. The molecule has 1 saturated carbocycles. The van der Waals surface area contributed by atoms with E-state index in [-0.39, 0.29) is 46.1 Å². The number of carbonyl (C=O) groups excluding carboxylic acids is 1. The Labute approximate surface area is 171 Å². The van der Waals surface area contributed by atoms with Gasteiger partial charge in [-0.3, -0.25) is 14.9 Å². The quantitative estimate of drug-likeness (QED) is 0.581. The van der Waals surface area contributed by atoms with E-state index in [0.717, 1.165) is 0 Å². The zero-order chi connectivity index (χ0) is 22.5.